The van der Waals surface area contributed by atoms with Gasteiger partial charge in [0.15, 0.2) is 0 Å². The Morgan fingerprint density at radius 1 is 1.17 bits per heavy atom. The van der Waals surface area contributed by atoms with Crippen molar-refractivity contribution < 1.29 is 24.1 Å². The predicted molar refractivity (Wildman–Crippen MR) is 112 cm³/mol. The van der Waals surface area contributed by atoms with Gasteiger partial charge < -0.3 is 19.3 Å². The minimum Gasteiger partial charge on any atom is -0.496 e. The Morgan fingerprint density at radius 2 is 1.97 bits per heavy atom. The number of carboxylic acid groups (broad SMARTS) is 1. The third-order valence-electron chi connectivity index (χ3n) is 6.76. The van der Waals surface area contributed by atoms with Crippen LogP contribution in [-0.2, 0) is 11.3 Å². The molecule has 0 amide bonds. The van der Waals surface area contributed by atoms with Crippen molar-refractivity contribution in [3.05, 3.63) is 47.5 Å². The summed E-state index contributed by atoms with van der Waals surface area (Å²) in [5.41, 5.74) is 3.00. The molecule has 0 unspecified atom stereocenters. The van der Waals surface area contributed by atoms with Crippen molar-refractivity contribution in [3.8, 4) is 22.6 Å². The molecule has 0 aromatic heterocycles. The van der Waals surface area contributed by atoms with E-state index in [1.54, 1.807) is 25.3 Å². The number of piperidine rings is 1. The Balaban J connectivity index is 1.34. The Hall–Kier alpha value is -2.57. The summed E-state index contributed by atoms with van der Waals surface area (Å²) < 4.78 is 18.1. The highest BCUT2D eigenvalue weighted by Crippen LogP contribution is 2.41. The first-order chi connectivity index (χ1) is 14.6. The lowest BCUT2D eigenvalue weighted by molar-refractivity contribution is -0.231. The van der Waals surface area contributed by atoms with Gasteiger partial charge in [-0.05, 0) is 48.7 Å². The van der Waals surface area contributed by atoms with Crippen LogP contribution in [0.3, 0.4) is 0 Å². The first-order valence-electron chi connectivity index (χ1n) is 10.7. The fraction of sp³-hybridized carbons (Fsp3) is 0.458. The highest BCUT2D eigenvalue weighted by molar-refractivity contribution is 5.89. The van der Waals surface area contributed by atoms with Crippen molar-refractivity contribution in [1.82, 2.24) is 4.90 Å². The molecule has 158 valence electrons. The summed E-state index contributed by atoms with van der Waals surface area (Å²) in [6.07, 6.45) is 5.82. The fourth-order valence-corrected chi connectivity index (χ4v) is 4.69. The second kappa shape index (κ2) is 7.60. The number of carbonyl (C=O) groups is 1. The van der Waals surface area contributed by atoms with E-state index in [0.717, 1.165) is 54.4 Å². The van der Waals surface area contributed by atoms with Crippen molar-refractivity contribution in [2.24, 2.45) is 0 Å². The summed E-state index contributed by atoms with van der Waals surface area (Å²) >= 11 is 0. The second-order valence-corrected chi connectivity index (χ2v) is 8.46. The maximum absolute atomic E-state index is 11.2. The number of hydrogen-bond donors (Lipinski definition) is 1. The number of aromatic carboxylic acids is 1. The van der Waals surface area contributed by atoms with Crippen LogP contribution in [0.25, 0.3) is 11.1 Å². The predicted octanol–water partition coefficient (Wildman–Crippen LogP) is 4.31. The molecule has 2 aromatic carbocycles. The zero-order valence-electron chi connectivity index (χ0n) is 17.2. The summed E-state index contributed by atoms with van der Waals surface area (Å²) in [6.45, 7) is 2.58. The van der Waals surface area contributed by atoms with E-state index in [0.29, 0.717) is 12.4 Å². The van der Waals surface area contributed by atoms with E-state index in [1.807, 2.05) is 18.2 Å². The minimum absolute atomic E-state index is 0.204. The van der Waals surface area contributed by atoms with Gasteiger partial charge in [-0.25, -0.2) is 4.79 Å². The summed E-state index contributed by atoms with van der Waals surface area (Å²) in [6, 6.07) is 11.7. The van der Waals surface area contributed by atoms with Gasteiger partial charge in [0.2, 0.25) is 5.79 Å². The van der Waals surface area contributed by atoms with Crippen molar-refractivity contribution in [2.75, 3.05) is 20.2 Å². The number of methoxy groups -OCH3 is 1. The highest BCUT2D eigenvalue weighted by atomic mass is 16.7. The average Bonchev–Trinajstić information content (AvgIpc) is 2.73. The van der Waals surface area contributed by atoms with E-state index in [2.05, 4.69) is 4.90 Å². The molecule has 0 atom stereocenters. The molecule has 1 N–H and O–H groups in total. The highest BCUT2D eigenvalue weighted by Gasteiger charge is 2.42. The van der Waals surface area contributed by atoms with E-state index >= 15 is 0 Å². The van der Waals surface area contributed by atoms with Crippen LogP contribution in [0.1, 0.15) is 48.0 Å². The van der Waals surface area contributed by atoms with E-state index < -0.39 is 11.8 Å². The first kappa shape index (κ1) is 19.4. The molecule has 2 heterocycles. The fourth-order valence-electron chi connectivity index (χ4n) is 4.69. The van der Waals surface area contributed by atoms with Crippen molar-refractivity contribution in [3.63, 3.8) is 0 Å². The number of nitrogens with zero attached hydrogens (tertiary/aromatic N) is 1. The number of carboxylic acids is 1. The van der Waals surface area contributed by atoms with Crippen LogP contribution in [0.5, 0.6) is 11.5 Å². The number of rotatable bonds is 4. The molecule has 30 heavy (non-hydrogen) atoms. The third-order valence-corrected chi connectivity index (χ3v) is 6.76. The molecule has 1 saturated carbocycles. The van der Waals surface area contributed by atoms with Crippen LogP contribution < -0.4 is 9.47 Å². The van der Waals surface area contributed by atoms with Crippen LogP contribution in [0.4, 0.5) is 0 Å². The van der Waals surface area contributed by atoms with Crippen LogP contribution in [0.2, 0.25) is 0 Å². The second-order valence-electron chi connectivity index (χ2n) is 8.46. The lowest BCUT2D eigenvalue weighted by Crippen LogP contribution is -2.54. The standard InChI is InChI=1S/C24H27NO5/c1-28-22-14-17(23(26)27)5-7-20(22)16-6-8-21-18(13-16)15-29-24(30-21)9-11-25(12-10-24)19-3-2-4-19/h5-8,13-14,19H,2-4,9-12,15H2,1H3,(H,26,27). The van der Waals surface area contributed by atoms with Crippen LogP contribution in [0, 0.1) is 0 Å². The lowest BCUT2D eigenvalue weighted by atomic mass is 9.89. The van der Waals surface area contributed by atoms with Gasteiger partial charge in [0.25, 0.3) is 0 Å². The molecule has 3 aliphatic rings. The number of ether oxygens (including phenoxy) is 3. The molecule has 1 spiro atoms. The smallest absolute Gasteiger partial charge is 0.335 e. The van der Waals surface area contributed by atoms with E-state index in [1.165, 1.54) is 19.3 Å². The number of benzene rings is 2. The van der Waals surface area contributed by atoms with Crippen molar-refractivity contribution in [1.29, 1.82) is 0 Å². The first-order valence-corrected chi connectivity index (χ1v) is 10.7. The van der Waals surface area contributed by atoms with E-state index in [-0.39, 0.29) is 5.56 Å². The zero-order valence-corrected chi connectivity index (χ0v) is 17.2. The number of likely N-dealkylation sites (tertiary alicyclic amines) is 1. The molecule has 2 aromatic rings. The van der Waals surface area contributed by atoms with Crippen LogP contribution in [-0.4, -0.2) is 48.0 Å². The van der Waals surface area contributed by atoms with Gasteiger partial charge in [0, 0.05) is 43.1 Å². The quantitative estimate of drug-likeness (QED) is 0.811. The van der Waals surface area contributed by atoms with E-state index in [4.69, 9.17) is 14.2 Å². The Bertz CT molecular complexity index is 960. The van der Waals surface area contributed by atoms with E-state index in [9.17, 15) is 9.90 Å². The molecule has 6 nitrogen and oxygen atoms in total. The molecule has 1 saturated heterocycles. The van der Waals surface area contributed by atoms with Gasteiger partial charge in [0.1, 0.15) is 11.5 Å². The summed E-state index contributed by atoms with van der Waals surface area (Å²) in [4.78, 5) is 13.8. The van der Waals surface area contributed by atoms with Gasteiger partial charge in [0.05, 0.1) is 19.3 Å². The number of fused-ring (bicyclic) bond motifs is 1. The average molecular weight is 409 g/mol. The topological polar surface area (TPSA) is 68.2 Å². The summed E-state index contributed by atoms with van der Waals surface area (Å²) in [5.74, 6) is -0.0634. The maximum Gasteiger partial charge on any atom is 0.335 e. The Labute approximate surface area is 176 Å². The van der Waals surface area contributed by atoms with Gasteiger partial charge in [-0.15, -0.1) is 0 Å². The summed E-state index contributed by atoms with van der Waals surface area (Å²) in [5, 5.41) is 9.22. The molecular weight excluding hydrogens is 382 g/mol. The molecule has 0 radical (unpaired) electrons. The third kappa shape index (κ3) is 3.44. The molecule has 1 aliphatic carbocycles. The largest absolute Gasteiger partial charge is 0.496 e. The molecule has 2 aliphatic heterocycles. The minimum atomic E-state index is -0.972. The van der Waals surface area contributed by atoms with Gasteiger partial charge in [-0.2, -0.15) is 0 Å². The van der Waals surface area contributed by atoms with Crippen LogP contribution in [0.15, 0.2) is 36.4 Å². The Morgan fingerprint density at radius 3 is 2.63 bits per heavy atom. The lowest BCUT2D eigenvalue weighted by Gasteiger charge is -2.47. The van der Waals surface area contributed by atoms with Gasteiger partial charge in [-0.3, -0.25) is 4.90 Å². The molecular formula is C24H27NO5. The molecule has 5 rings (SSSR count). The monoisotopic (exact) mass is 409 g/mol. The number of hydrogen-bond acceptors (Lipinski definition) is 5. The van der Waals surface area contributed by atoms with Crippen molar-refractivity contribution >= 4 is 5.97 Å². The SMILES string of the molecule is COc1cc(C(=O)O)ccc1-c1ccc2c(c1)COC1(CCN(C3CCC3)CC1)O2. The van der Waals surface area contributed by atoms with Gasteiger partial charge in [-0.1, -0.05) is 12.5 Å². The molecule has 6 heteroatoms. The normalized spacial score (nSPS) is 20.8. The Kier molecular flexibility index (Phi) is 4.91. The summed E-state index contributed by atoms with van der Waals surface area (Å²) in [7, 11) is 1.55. The zero-order chi connectivity index (χ0) is 20.7. The van der Waals surface area contributed by atoms with Crippen LogP contribution >= 0.6 is 0 Å². The van der Waals surface area contributed by atoms with Crippen molar-refractivity contribution in [2.45, 2.75) is 50.5 Å². The maximum atomic E-state index is 11.2. The van der Waals surface area contributed by atoms with Gasteiger partial charge >= 0.3 is 5.97 Å². The molecule has 2 fully saturated rings. The molecule has 0 bridgehead atoms.